The van der Waals surface area contributed by atoms with Crippen molar-refractivity contribution in [2.75, 3.05) is 18.2 Å². The van der Waals surface area contributed by atoms with Crippen molar-refractivity contribution in [1.29, 1.82) is 0 Å². The van der Waals surface area contributed by atoms with E-state index < -0.39 is 0 Å². The number of oxime groups is 1. The number of carbonyl (C=O) groups excluding carboxylic acids is 1. The van der Waals surface area contributed by atoms with Gasteiger partial charge in [0, 0.05) is 10.6 Å². The fraction of sp³-hybridized carbons (Fsp3) is 0.130. The number of para-hydroxylation sites is 1. The number of hydrogen-bond acceptors (Lipinski definition) is 5. The third-order valence-electron chi connectivity index (χ3n) is 4.11. The zero-order valence-electron chi connectivity index (χ0n) is 16.6. The molecule has 3 N–H and O–H groups in total. The standard InChI is InChI=1S/C23H23N3O3S/c1-30-19-11-7-10-18(14-19)25-22(27)16-29-26-23(24)20-12-5-6-13-21(20)28-15-17-8-3-2-4-9-17/h2-14H,15-16H2,1H3,(H2,24,26)(H,25,27). The minimum atomic E-state index is -0.321. The molecule has 0 fully saturated rings. The lowest BCUT2D eigenvalue weighted by atomic mass is 10.2. The molecule has 0 heterocycles. The van der Waals surface area contributed by atoms with Crippen LogP contribution in [-0.2, 0) is 16.2 Å². The van der Waals surface area contributed by atoms with Crippen molar-refractivity contribution < 1.29 is 14.4 Å². The third kappa shape index (κ3) is 6.28. The molecule has 3 aromatic rings. The van der Waals surface area contributed by atoms with Crippen LogP contribution in [0.5, 0.6) is 5.75 Å². The minimum Gasteiger partial charge on any atom is -0.488 e. The number of rotatable bonds is 9. The van der Waals surface area contributed by atoms with Crippen LogP contribution in [0.25, 0.3) is 0 Å². The molecule has 0 atom stereocenters. The van der Waals surface area contributed by atoms with E-state index in [1.54, 1.807) is 17.8 Å². The second-order valence-electron chi connectivity index (χ2n) is 6.30. The van der Waals surface area contributed by atoms with E-state index in [9.17, 15) is 4.79 Å². The van der Waals surface area contributed by atoms with Crippen molar-refractivity contribution >= 4 is 29.2 Å². The maximum atomic E-state index is 12.1. The quantitative estimate of drug-likeness (QED) is 0.233. The van der Waals surface area contributed by atoms with Crippen LogP contribution in [0.4, 0.5) is 5.69 Å². The summed E-state index contributed by atoms with van der Waals surface area (Å²) in [4.78, 5) is 18.3. The van der Waals surface area contributed by atoms with E-state index >= 15 is 0 Å². The van der Waals surface area contributed by atoms with Gasteiger partial charge in [-0.05, 0) is 42.2 Å². The topological polar surface area (TPSA) is 85.9 Å². The number of nitrogens with one attached hydrogen (secondary N) is 1. The SMILES string of the molecule is CSc1cccc(NC(=O)CO/N=C(/N)c2ccccc2OCc2ccccc2)c1. The summed E-state index contributed by atoms with van der Waals surface area (Å²) >= 11 is 1.60. The van der Waals surface area contributed by atoms with Gasteiger partial charge in [-0.15, -0.1) is 11.8 Å². The summed E-state index contributed by atoms with van der Waals surface area (Å²) in [5, 5.41) is 6.64. The predicted octanol–water partition coefficient (Wildman–Crippen LogP) is 4.26. The highest BCUT2D eigenvalue weighted by molar-refractivity contribution is 7.98. The van der Waals surface area contributed by atoms with Crippen LogP contribution >= 0.6 is 11.8 Å². The molecule has 30 heavy (non-hydrogen) atoms. The Balaban J connectivity index is 1.56. The van der Waals surface area contributed by atoms with Gasteiger partial charge in [-0.2, -0.15) is 0 Å². The lowest BCUT2D eigenvalue weighted by Gasteiger charge is -2.11. The highest BCUT2D eigenvalue weighted by Gasteiger charge is 2.09. The van der Waals surface area contributed by atoms with Gasteiger partial charge in [0.05, 0.1) is 5.56 Å². The van der Waals surface area contributed by atoms with Gasteiger partial charge in [-0.3, -0.25) is 4.79 Å². The predicted molar refractivity (Wildman–Crippen MR) is 121 cm³/mol. The Labute approximate surface area is 180 Å². The Kier molecular flexibility index (Phi) is 7.74. The molecule has 0 aliphatic heterocycles. The molecule has 154 valence electrons. The summed E-state index contributed by atoms with van der Waals surface area (Å²) in [6.07, 6.45) is 1.98. The number of amidine groups is 1. The zero-order chi connectivity index (χ0) is 21.2. The molecule has 0 aliphatic rings. The zero-order valence-corrected chi connectivity index (χ0v) is 17.4. The van der Waals surface area contributed by atoms with Gasteiger partial charge < -0.3 is 20.6 Å². The molecule has 0 aliphatic carbocycles. The van der Waals surface area contributed by atoms with Gasteiger partial charge in [0.1, 0.15) is 12.4 Å². The average molecular weight is 422 g/mol. The number of benzene rings is 3. The molecular formula is C23H23N3O3S. The van der Waals surface area contributed by atoms with E-state index in [0.29, 0.717) is 23.6 Å². The minimum absolute atomic E-state index is 0.135. The maximum Gasteiger partial charge on any atom is 0.265 e. The van der Waals surface area contributed by atoms with Crippen molar-refractivity contribution in [2.45, 2.75) is 11.5 Å². The van der Waals surface area contributed by atoms with Gasteiger partial charge >= 0.3 is 0 Å². The fourth-order valence-electron chi connectivity index (χ4n) is 2.65. The molecule has 0 unspecified atom stereocenters. The number of thioether (sulfide) groups is 1. The second kappa shape index (κ2) is 10.9. The largest absolute Gasteiger partial charge is 0.488 e. The smallest absolute Gasteiger partial charge is 0.265 e. The van der Waals surface area contributed by atoms with Crippen molar-refractivity contribution in [3.8, 4) is 5.75 Å². The molecule has 6 nitrogen and oxygen atoms in total. The van der Waals surface area contributed by atoms with Gasteiger partial charge in [0.2, 0.25) is 0 Å². The highest BCUT2D eigenvalue weighted by Crippen LogP contribution is 2.20. The molecule has 0 bridgehead atoms. The number of nitrogens with zero attached hydrogens (tertiary/aromatic N) is 1. The Morgan fingerprint density at radius 1 is 1.03 bits per heavy atom. The first kappa shape index (κ1) is 21.3. The molecule has 0 saturated heterocycles. The molecule has 3 rings (SSSR count). The summed E-state index contributed by atoms with van der Waals surface area (Å²) in [7, 11) is 0. The molecule has 7 heteroatoms. The van der Waals surface area contributed by atoms with E-state index in [2.05, 4.69) is 10.5 Å². The van der Waals surface area contributed by atoms with Crippen molar-refractivity contribution in [2.24, 2.45) is 10.9 Å². The number of anilines is 1. The molecule has 3 aromatic carbocycles. The monoisotopic (exact) mass is 421 g/mol. The summed E-state index contributed by atoms with van der Waals surface area (Å²) in [5.41, 5.74) is 8.39. The number of carbonyl (C=O) groups is 1. The Morgan fingerprint density at radius 3 is 2.60 bits per heavy atom. The molecule has 0 radical (unpaired) electrons. The van der Waals surface area contributed by atoms with Gasteiger partial charge in [0.25, 0.3) is 5.91 Å². The lowest BCUT2D eigenvalue weighted by Crippen LogP contribution is -2.20. The van der Waals surface area contributed by atoms with E-state index in [1.165, 1.54) is 0 Å². The number of nitrogens with two attached hydrogens (primary N) is 1. The van der Waals surface area contributed by atoms with Crippen LogP contribution in [0.1, 0.15) is 11.1 Å². The molecule has 0 saturated carbocycles. The van der Waals surface area contributed by atoms with E-state index in [-0.39, 0.29) is 18.3 Å². The van der Waals surface area contributed by atoms with Crippen molar-refractivity contribution in [3.63, 3.8) is 0 Å². The van der Waals surface area contributed by atoms with Crippen LogP contribution in [0.15, 0.2) is 88.9 Å². The van der Waals surface area contributed by atoms with E-state index in [0.717, 1.165) is 10.5 Å². The Bertz CT molecular complexity index is 1010. The Morgan fingerprint density at radius 2 is 1.80 bits per heavy atom. The maximum absolute atomic E-state index is 12.1. The first-order valence-corrected chi connectivity index (χ1v) is 10.5. The second-order valence-corrected chi connectivity index (χ2v) is 7.18. The first-order chi connectivity index (χ1) is 14.7. The van der Waals surface area contributed by atoms with Crippen molar-refractivity contribution in [3.05, 3.63) is 90.0 Å². The third-order valence-corrected chi connectivity index (χ3v) is 4.84. The lowest BCUT2D eigenvalue weighted by molar-refractivity contribution is -0.120. The molecule has 0 spiro atoms. The summed E-state index contributed by atoms with van der Waals surface area (Å²) in [5.74, 6) is 0.402. The van der Waals surface area contributed by atoms with Crippen molar-refractivity contribution in [1.82, 2.24) is 0 Å². The first-order valence-electron chi connectivity index (χ1n) is 9.31. The van der Waals surface area contributed by atoms with Gasteiger partial charge in [-0.25, -0.2) is 0 Å². The van der Waals surface area contributed by atoms with E-state index in [1.807, 2.05) is 79.1 Å². The van der Waals surface area contributed by atoms with Crippen LogP contribution in [-0.4, -0.2) is 24.6 Å². The van der Waals surface area contributed by atoms with Crippen LogP contribution in [0.3, 0.4) is 0 Å². The van der Waals surface area contributed by atoms with E-state index in [4.69, 9.17) is 15.3 Å². The normalized spacial score (nSPS) is 11.0. The van der Waals surface area contributed by atoms with Crippen LogP contribution in [0.2, 0.25) is 0 Å². The number of amides is 1. The fourth-order valence-corrected chi connectivity index (χ4v) is 3.11. The average Bonchev–Trinajstić information content (AvgIpc) is 2.78. The molecular weight excluding hydrogens is 398 g/mol. The Hall–Kier alpha value is -3.45. The number of hydrogen-bond donors (Lipinski definition) is 2. The summed E-state index contributed by atoms with van der Waals surface area (Å²) in [6, 6.07) is 24.7. The van der Waals surface area contributed by atoms with Gasteiger partial charge in [-0.1, -0.05) is 53.7 Å². The van der Waals surface area contributed by atoms with Gasteiger partial charge in [0.15, 0.2) is 12.4 Å². The van der Waals surface area contributed by atoms with Crippen LogP contribution < -0.4 is 15.8 Å². The highest BCUT2D eigenvalue weighted by atomic mass is 32.2. The molecule has 0 aromatic heterocycles. The molecule has 1 amide bonds. The van der Waals surface area contributed by atoms with Crippen LogP contribution in [0, 0.1) is 0 Å². The summed E-state index contributed by atoms with van der Waals surface area (Å²) < 4.78 is 5.87. The summed E-state index contributed by atoms with van der Waals surface area (Å²) in [6.45, 7) is 0.154. The number of ether oxygens (including phenoxy) is 1.